The second-order valence-electron chi connectivity index (χ2n) is 3.52. The first kappa shape index (κ1) is 13.8. The summed E-state index contributed by atoms with van der Waals surface area (Å²) in [6, 6.07) is 3.55. The van der Waals surface area contributed by atoms with Crippen molar-refractivity contribution >= 4 is 23.1 Å². The van der Waals surface area contributed by atoms with Crippen LogP contribution in [-0.2, 0) is 9.53 Å². The molecule has 0 unspecified atom stereocenters. The van der Waals surface area contributed by atoms with Crippen LogP contribution in [0.1, 0.15) is 19.5 Å². The van der Waals surface area contributed by atoms with Crippen molar-refractivity contribution < 1.29 is 14.7 Å². The van der Waals surface area contributed by atoms with Gasteiger partial charge in [-0.05, 0) is 32.9 Å². The molecule has 0 spiro atoms. The highest BCUT2D eigenvalue weighted by molar-refractivity contribution is 6.65. The molecule has 0 saturated heterocycles. The van der Waals surface area contributed by atoms with Crippen molar-refractivity contribution in [2.24, 2.45) is 10.1 Å². The van der Waals surface area contributed by atoms with Gasteiger partial charge in [-0.25, -0.2) is 9.79 Å². The number of aromatic nitrogens is 1. The number of hydrogen-bond acceptors (Lipinski definition) is 6. The highest BCUT2D eigenvalue weighted by atomic mass is 16.5. The van der Waals surface area contributed by atoms with E-state index in [-0.39, 0.29) is 18.0 Å². The zero-order valence-corrected chi connectivity index (χ0v) is 10.5. The molecule has 0 saturated carbocycles. The van der Waals surface area contributed by atoms with Gasteiger partial charge in [-0.1, -0.05) is 5.16 Å². The van der Waals surface area contributed by atoms with E-state index in [9.17, 15) is 4.79 Å². The SMILES string of the molecule is CCOC(=O)/C(=N\O)C(C)=Nc1ccc(C)nc1. The number of carbonyl (C=O) groups is 1. The van der Waals surface area contributed by atoms with E-state index in [2.05, 4.69) is 15.1 Å². The van der Waals surface area contributed by atoms with Gasteiger partial charge in [0.05, 0.1) is 24.2 Å². The molecular formula is C12H15N3O3. The quantitative estimate of drug-likeness (QED) is 0.382. The first-order valence-corrected chi connectivity index (χ1v) is 5.46. The number of aryl methyl sites for hydroxylation is 1. The van der Waals surface area contributed by atoms with Crippen molar-refractivity contribution in [2.75, 3.05) is 6.61 Å². The number of rotatable bonds is 4. The molecule has 0 aliphatic heterocycles. The van der Waals surface area contributed by atoms with Crippen molar-refractivity contribution in [3.05, 3.63) is 24.0 Å². The molecule has 0 radical (unpaired) electrons. The first-order chi connectivity index (χ1) is 8.58. The molecule has 96 valence electrons. The number of nitrogens with zero attached hydrogens (tertiary/aromatic N) is 3. The predicted octanol–water partition coefficient (Wildman–Crippen LogP) is 1.88. The highest BCUT2D eigenvalue weighted by Crippen LogP contribution is 2.10. The van der Waals surface area contributed by atoms with Gasteiger partial charge in [0, 0.05) is 5.69 Å². The third kappa shape index (κ3) is 3.65. The minimum atomic E-state index is -0.707. The topological polar surface area (TPSA) is 84.1 Å². The van der Waals surface area contributed by atoms with E-state index in [0.717, 1.165) is 5.69 Å². The summed E-state index contributed by atoms with van der Waals surface area (Å²) in [5.74, 6) is -0.707. The summed E-state index contributed by atoms with van der Waals surface area (Å²) in [5.41, 5.74) is 1.50. The lowest BCUT2D eigenvalue weighted by molar-refractivity contribution is -0.134. The Hall–Kier alpha value is -2.24. The molecule has 1 heterocycles. The van der Waals surface area contributed by atoms with Crippen LogP contribution in [0.5, 0.6) is 0 Å². The Balaban J connectivity index is 2.94. The molecule has 0 aliphatic rings. The van der Waals surface area contributed by atoms with E-state index in [0.29, 0.717) is 5.69 Å². The van der Waals surface area contributed by atoms with Gasteiger partial charge >= 0.3 is 5.97 Å². The number of aliphatic imine (C=N–C) groups is 1. The van der Waals surface area contributed by atoms with Crippen molar-refractivity contribution in [3.63, 3.8) is 0 Å². The summed E-state index contributed by atoms with van der Waals surface area (Å²) in [6.07, 6.45) is 1.57. The monoisotopic (exact) mass is 249 g/mol. The zero-order chi connectivity index (χ0) is 13.5. The van der Waals surface area contributed by atoms with Gasteiger partial charge in [-0.2, -0.15) is 0 Å². The highest BCUT2D eigenvalue weighted by Gasteiger charge is 2.16. The number of oxime groups is 1. The van der Waals surface area contributed by atoms with E-state index >= 15 is 0 Å². The van der Waals surface area contributed by atoms with Crippen molar-refractivity contribution in [2.45, 2.75) is 20.8 Å². The number of ether oxygens (including phenoxy) is 1. The summed E-state index contributed by atoms with van der Waals surface area (Å²) in [6.45, 7) is 5.30. The maximum absolute atomic E-state index is 11.5. The number of esters is 1. The van der Waals surface area contributed by atoms with Crippen LogP contribution in [0, 0.1) is 6.92 Å². The Morgan fingerprint density at radius 1 is 1.50 bits per heavy atom. The molecule has 0 fully saturated rings. The van der Waals surface area contributed by atoms with Crippen LogP contribution in [0.3, 0.4) is 0 Å². The fourth-order valence-electron chi connectivity index (χ4n) is 1.23. The minimum absolute atomic E-state index is 0.206. The molecule has 6 heteroatoms. The second kappa shape index (κ2) is 6.48. The van der Waals surface area contributed by atoms with Crippen LogP contribution in [0.25, 0.3) is 0 Å². The van der Waals surface area contributed by atoms with Crippen LogP contribution in [-0.4, -0.2) is 34.2 Å². The second-order valence-corrected chi connectivity index (χ2v) is 3.52. The Morgan fingerprint density at radius 3 is 2.72 bits per heavy atom. The Bertz CT molecular complexity index is 478. The molecule has 6 nitrogen and oxygen atoms in total. The lowest BCUT2D eigenvalue weighted by Gasteiger charge is -2.03. The maximum Gasteiger partial charge on any atom is 0.362 e. The van der Waals surface area contributed by atoms with Crippen LogP contribution in [0.2, 0.25) is 0 Å². The molecule has 1 rings (SSSR count). The van der Waals surface area contributed by atoms with Gasteiger partial charge in [0.25, 0.3) is 0 Å². The van der Waals surface area contributed by atoms with Crippen LogP contribution in [0.4, 0.5) is 5.69 Å². The van der Waals surface area contributed by atoms with Gasteiger partial charge in [0.2, 0.25) is 5.71 Å². The molecule has 0 aliphatic carbocycles. The molecule has 0 atom stereocenters. The fourth-order valence-corrected chi connectivity index (χ4v) is 1.23. The molecule has 0 aromatic carbocycles. The average Bonchev–Trinajstić information content (AvgIpc) is 2.33. The average molecular weight is 249 g/mol. The van der Waals surface area contributed by atoms with Crippen LogP contribution >= 0.6 is 0 Å². The van der Waals surface area contributed by atoms with Gasteiger partial charge < -0.3 is 9.94 Å². The number of carbonyl (C=O) groups excluding carboxylic acids is 1. The molecular weight excluding hydrogens is 234 g/mol. The van der Waals surface area contributed by atoms with Gasteiger partial charge in [0.15, 0.2) is 0 Å². The number of pyridine rings is 1. The van der Waals surface area contributed by atoms with E-state index in [1.54, 1.807) is 32.2 Å². The normalized spacial score (nSPS) is 12.4. The predicted molar refractivity (Wildman–Crippen MR) is 67.6 cm³/mol. The van der Waals surface area contributed by atoms with Crippen LogP contribution in [0.15, 0.2) is 28.5 Å². The largest absolute Gasteiger partial charge is 0.461 e. The summed E-state index contributed by atoms with van der Waals surface area (Å²) in [7, 11) is 0. The molecule has 1 aromatic rings. The third-order valence-electron chi connectivity index (χ3n) is 2.10. The Morgan fingerprint density at radius 2 is 2.22 bits per heavy atom. The third-order valence-corrected chi connectivity index (χ3v) is 2.10. The summed E-state index contributed by atoms with van der Waals surface area (Å²) in [4.78, 5) is 19.7. The van der Waals surface area contributed by atoms with E-state index in [1.165, 1.54) is 0 Å². The van der Waals surface area contributed by atoms with Crippen molar-refractivity contribution in [1.29, 1.82) is 0 Å². The Kier molecular flexibility index (Phi) is 4.98. The zero-order valence-electron chi connectivity index (χ0n) is 10.5. The number of hydrogen-bond donors (Lipinski definition) is 1. The smallest absolute Gasteiger partial charge is 0.362 e. The molecule has 0 amide bonds. The lowest BCUT2D eigenvalue weighted by atomic mass is 10.2. The van der Waals surface area contributed by atoms with Gasteiger partial charge in [0.1, 0.15) is 0 Å². The fraction of sp³-hybridized carbons (Fsp3) is 0.333. The molecule has 18 heavy (non-hydrogen) atoms. The standard InChI is InChI=1S/C12H15N3O3/c1-4-18-12(16)11(15-17)9(3)14-10-6-5-8(2)13-7-10/h5-7,17H,4H2,1-3H3/b14-9?,15-11-. The minimum Gasteiger partial charge on any atom is -0.461 e. The molecule has 0 bridgehead atoms. The van der Waals surface area contributed by atoms with Crippen LogP contribution < -0.4 is 0 Å². The van der Waals surface area contributed by atoms with Crippen molar-refractivity contribution in [1.82, 2.24) is 4.98 Å². The van der Waals surface area contributed by atoms with Gasteiger partial charge in [-0.15, -0.1) is 0 Å². The molecule has 1 N–H and O–H groups in total. The Labute approximate surface area is 105 Å². The molecule has 1 aromatic heterocycles. The summed E-state index contributed by atoms with van der Waals surface area (Å²) < 4.78 is 4.75. The van der Waals surface area contributed by atoms with Gasteiger partial charge in [-0.3, -0.25) is 4.98 Å². The summed E-state index contributed by atoms with van der Waals surface area (Å²) >= 11 is 0. The lowest BCUT2D eigenvalue weighted by Crippen LogP contribution is -2.24. The summed E-state index contributed by atoms with van der Waals surface area (Å²) in [5, 5.41) is 11.7. The first-order valence-electron chi connectivity index (χ1n) is 5.46. The van der Waals surface area contributed by atoms with E-state index in [1.807, 2.05) is 6.92 Å². The van der Waals surface area contributed by atoms with E-state index < -0.39 is 5.97 Å². The van der Waals surface area contributed by atoms with E-state index in [4.69, 9.17) is 9.94 Å². The maximum atomic E-state index is 11.5. The van der Waals surface area contributed by atoms with Crippen molar-refractivity contribution in [3.8, 4) is 0 Å².